The summed E-state index contributed by atoms with van der Waals surface area (Å²) in [6.45, 7) is 10.3. The minimum Gasteiger partial charge on any atom is -0.315 e. The zero-order valence-corrected chi connectivity index (χ0v) is 21.1. The largest absolute Gasteiger partial charge is 0.322 e. The van der Waals surface area contributed by atoms with E-state index in [-0.39, 0.29) is 23.9 Å². The first kappa shape index (κ1) is 25.3. The highest BCUT2D eigenvalue weighted by atomic mass is 35.5. The Morgan fingerprint density at radius 3 is 2.41 bits per heavy atom. The Bertz CT molecular complexity index is 1170. The van der Waals surface area contributed by atoms with Gasteiger partial charge in [0.1, 0.15) is 12.4 Å². The number of carbonyl (C=O) groups is 2. The van der Waals surface area contributed by atoms with Gasteiger partial charge in [-0.3, -0.25) is 4.79 Å². The average Bonchev–Trinajstić information content (AvgIpc) is 3.21. The molecule has 0 spiro atoms. The van der Waals surface area contributed by atoms with Gasteiger partial charge in [0.2, 0.25) is 5.91 Å². The fourth-order valence-corrected chi connectivity index (χ4v) is 3.61. The maximum Gasteiger partial charge on any atom is 0.322 e. The van der Waals surface area contributed by atoms with Crippen molar-refractivity contribution >= 4 is 35.0 Å². The molecular formula is C26H32ClN5O2. The number of para-hydroxylation sites is 1. The summed E-state index contributed by atoms with van der Waals surface area (Å²) >= 11 is 6.40. The molecule has 0 fully saturated rings. The molecule has 2 aromatic carbocycles. The number of rotatable bonds is 7. The molecule has 34 heavy (non-hydrogen) atoms. The summed E-state index contributed by atoms with van der Waals surface area (Å²) < 4.78 is 1.63. The molecule has 0 aliphatic rings. The van der Waals surface area contributed by atoms with Crippen molar-refractivity contribution in [3.8, 4) is 5.69 Å². The zero-order chi connectivity index (χ0) is 24.9. The second kappa shape index (κ2) is 10.7. The third kappa shape index (κ3) is 6.17. The molecule has 3 amide bonds. The molecule has 3 rings (SSSR count). The van der Waals surface area contributed by atoms with E-state index < -0.39 is 0 Å². The highest BCUT2D eigenvalue weighted by Gasteiger charge is 2.23. The van der Waals surface area contributed by atoms with Crippen molar-refractivity contribution in [3.63, 3.8) is 0 Å². The van der Waals surface area contributed by atoms with Crippen molar-refractivity contribution in [2.45, 2.75) is 46.5 Å². The smallest absolute Gasteiger partial charge is 0.315 e. The van der Waals surface area contributed by atoms with Crippen molar-refractivity contribution in [1.29, 1.82) is 0 Å². The Kier molecular flexibility index (Phi) is 7.99. The summed E-state index contributed by atoms with van der Waals surface area (Å²) in [5, 5.41) is 11.0. The van der Waals surface area contributed by atoms with Gasteiger partial charge in [-0.25, -0.2) is 9.48 Å². The van der Waals surface area contributed by atoms with Gasteiger partial charge in [0, 0.05) is 23.7 Å². The van der Waals surface area contributed by atoms with E-state index in [1.807, 2.05) is 55.5 Å². The molecule has 0 aliphatic carbocycles. The van der Waals surface area contributed by atoms with Gasteiger partial charge in [-0.05, 0) is 43.2 Å². The molecule has 0 unspecified atom stereocenters. The number of nitrogens with one attached hydrogen (secondary N) is 2. The van der Waals surface area contributed by atoms with Crippen LogP contribution in [0.15, 0.2) is 54.6 Å². The molecule has 180 valence electrons. The van der Waals surface area contributed by atoms with E-state index >= 15 is 0 Å². The monoisotopic (exact) mass is 481 g/mol. The van der Waals surface area contributed by atoms with E-state index in [4.69, 9.17) is 16.7 Å². The maximum absolute atomic E-state index is 13.0. The number of halogens is 1. The first-order chi connectivity index (χ1) is 16.1. The van der Waals surface area contributed by atoms with E-state index in [1.165, 1.54) is 4.90 Å². The van der Waals surface area contributed by atoms with Crippen molar-refractivity contribution in [2.75, 3.05) is 23.7 Å². The van der Waals surface area contributed by atoms with Gasteiger partial charge < -0.3 is 15.5 Å². The predicted octanol–water partition coefficient (Wildman–Crippen LogP) is 5.88. The second-order valence-corrected chi connectivity index (χ2v) is 9.48. The Morgan fingerprint density at radius 1 is 1.03 bits per heavy atom. The fourth-order valence-electron chi connectivity index (χ4n) is 3.40. The van der Waals surface area contributed by atoms with Crippen LogP contribution in [0.4, 0.5) is 16.3 Å². The lowest BCUT2D eigenvalue weighted by molar-refractivity contribution is -0.116. The lowest BCUT2D eigenvalue weighted by Crippen LogP contribution is -2.40. The van der Waals surface area contributed by atoms with Crippen molar-refractivity contribution in [2.24, 2.45) is 0 Å². The number of aromatic nitrogens is 2. The topological polar surface area (TPSA) is 79.3 Å². The Labute approximate surface area is 206 Å². The molecule has 8 heteroatoms. The molecule has 0 saturated heterocycles. The van der Waals surface area contributed by atoms with Gasteiger partial charge in [-0.1, -0.05) is 63.6 Å². The molecule has 1 heterocycles. The molecule has 0 saturated carbocycles. The number of amides is 3. The number of benzene rings is 2. The standard InChI is InChI=1S/C26H32ClN5O2/c1-6-18-11-10-12-19(15-18)28-25(34)31(7-2)17-24(33)29-23-16-22(26(3,4)5)30-32(23)21-14-9-8-13-20(21)27/h8-16H,6-7,17H2,1-5H3,(H,28,34)(H,29,33). The zero-order valence-electron chi connectivity index (χ0n) is 20.4. The SMILES string of the molecule is CCc1cccc(NC(=O)N(CC)CC(=O)Nc2cc(C(C)(C)C)nn2-c2ccccc2Cl)c1. The average molecular weight is 482 g/mol. The fraction of sp³-hybridized carbons (Fsp3) is 0.346. The maximum atomic E-state index is 13.0. The number of urea groups is 1. The van der Waals surface area contributed by atoms with Crippen LogP contribution in [0.2, 0.25) is 5.02 Å². The Hall–Kier alpha value is -3.32. The third-order valence-electron chi connectivity index (χ3n) is 5.42. The van der Waals surface area contributed by atoms with Crippen LogP contribution in [-0.2, 0) is 16.6 Å². The lowest BCUT2D eigenvalue weighted by atomic mass is 9.92. The van der Waals surface area contributed by atoms with E-state index in [2.05, 4.69) is 38.3 Å². The van der Waals surface area contributed by atoms with Crippen molar-refractivity contribution in [1.82, 2.24) is 14.7 Å². The van der Waals surface area contributed by atoms with E-state index in [9.17, 15) is 9.59 Å². The predicted molar refractivity (Wildman–Crippen MR) is 138 cm³/mol. The van der Waals surface area contributed by atoms with E-state index in [1.54, 1.807) is 10.7 Å². The molecule has 1 aromatic heterocycles. The number of anilines is 2. The summed E-state index contributed by atoms with van der Waals surface area (Å²) in [6, 6.07) is 16.5. The second-order valence-electron chi connectivity index (χ2n) is 9.07. The molecule has 0 atom stereocenters. The molecule has 2 N–H and O–H groups in total. The van der Waals surface area contributed by atoms with E-state index in [0.717, 1.165) is 17.7 Å². The summed E-state index contributed by atoms with van der Waals surface area (Å²) in [7, 11) is 0. The summed E-state index contributed by atoms with van der Waals surface area (Å²) in [4.78, 5) is 27.2. The number of nitrogens with zero attached hydrogens (tertiary/aromatic N) is 3. The van der Waals surface area contributed by atoms with Gasteiger partial charge in [0.05, 0.1) is 16.4 Å². The van der Waals surface area contributed by atoms with Crippen LogP contribution in [0.3, 0.4) is 0 Å². The van der Waals surface area contributed by atoms with Crippen LogP contribution in [0, 0.1) is 0 Å². The molecule has 7 nitrogen and oxygen atoms in total. The highest BCUT2D eigenvalue weighted by molar-refractivity contribution is 6.32. The number of likely N-dealkylation sites (N-methyl/N-ethyl adjacent to an activating group) is 1. The molecule has 0 bridgehead atoms. The summed E-state index contributed by atoms with van der Waals surface area (Å²) in [5.41, 5.74) is 3.07. The summed E-state index contributed by atoms with van der Waals surface area (Å²) in [6.07, 6.45) is 0.874. The number of aryl methyl sites for hydroxylation is 1. The number of hydrogen-bond donors (Lipinski definition) is 2. The van der Waals surface area contributed by atoms with Gasteiger partial charge in [-0.2, -0.15) is 5.10 Å². The van der Waals surface area contributed by atoms with Crippen LogP contribution < -0.4 is 10.6 Å². The van der Waals surface area contributed by atoms with Crippen molar-refractivity contribution in [3.05, 3.63) is 70.9 Å². The van der Waals surface area contributed by atoms with Crippen LogP contribution in [0.25, 0.3) is 5.69 Å². The summed E-state index contributed by atoms with van der Waals surface area (Å²) in [5.74, 6) is 0.170. The molecule has 0 radical (unpaired) electrons. The number of hydrogen-bond acceptors (Lipinski definition) is 3. The van der Waals surface area contributed by atoms with Gasteiger partial charge >= 0.3 is 6.03 Å². The first-order valence-corrected chi connectivity index (χ1v) is 11.8. The lowest BCUT2D eigenvalue weighted by Gasteiger charge is -2.21. The Morgan fingerprint density at radius 2 is 1.76 bits per heavy atom. The first-order valence-electron chi connectivity index (χ1n) is 11.4. The molecular weight excluding hydrogens is 450 g/mol. The minimum atomic E-state index is -0.333. The van der Waals surface area contributed by atoms with E-state index in [0.29, 0.717) is 28.8 Å². The van der Waals surface area contributed by atoms with Crippen LogP contribution >= 0.6 is 11.6 Å². The van der Waals surface area contributed by atoms with Crippen LogP contribution in [0.1, 0.15) is 45.9 Å². The molecule has 3 aromatic rings. The number of carbonyl (C=O) groups excluding carboxylic acids is 2. The van der Waals surface area contributed by atoms with Crippen molar-refractivity contribution < 1.29 is 9.59 Å². The van der Waals surface area contributed by atoms with Gasteiger partial charge in [-0.15, -0.1) is 0 Å². The third-order valence-corrected chi connectivity index (χ3v) is 5.74. The normalized spacial score (nSPS) is 11.2. The molecule has 0 aliphatic heterocycles. The highest BCUT2D eigenvalue weighted by Crippen LogP contribution is 2.29. The van der Waals surface area contributed by atoms with Gasteiger partial charge in [0.15, 0.2) is 0 Å². The Balaban J connectivity index is 1.78. The minimum absolute atomic E-state index is 0.103. The quantitative estimate of drug-likeness (QED) is 0.442. The van der Waals surface area contributed by atoms with Crippen LogP contribution in [-0.4, -0.2) is 39.7 Å². The van der Waals surface area contributed by atoms with Crippen LogP contribution in [0.5, 0.6) is 0 Å². The van der Waals surface area contributed by atoms with Gasteiger partial charge in [0.25, 0.3) is 0 Å².